The number of ketones is 2. The molecule has 18 heteroatoms. The lowest BCUT2D eigenvalue weighted by molar-refractivity contribution is -0.144. The highest BCUT2D eigenvalue weighted by Crippen LogP contribution is 2.46. The molecule has 0 aliphatic rings. The van der Waals surface area contributed by atoms with E-state index in [1.54, 1.807) is 83.1 Å². The van der Waals surface area contributed by atoms with Gasteiger partial charge in [0.15, 0.2) is 11.6 Å². The van der Waals surface area contributed by atoms with Crippen LogP contribution in [-0.4, -0.2) is 102 Å². The topological polar surface area (TPSA) is 297 Å². The van der Waals surface area contributed by atoms with Crippen molar-refractivity contribution in [2.45, 2.75) is 280 Å². The van der Waals surface area contributed by atoms with Crippen LogP contribution < -0.4 is 32.3 Å². The highest BCUT2D eigenvalue weighted by atomic mass is 16.4. The van der Waals surface area contributed by atoms with Gasteiger partial charge in [0.2, 0.25) is 35.4 Å². The zero-order valence-electron chi connectivity index (χ0n) is 59.0. The van der Waals surface area contributed by atoms with E-state index in [1.807, 2.05) is 6.07 Å². The number of hydrogen-bond acceptors (Lipinski definition) is 10. The molecule has 0 aliphatic heterocycles. The number of rotatable bonds is 58. The molecule has 530 valence electrons. The number of carbonyl (C=O) groups is 10. The van der Waals surface area contributed by atoms with Crippen LogP contribution in [0, 0.1) is 34.0 Å². The second kappa shape index (κ2) is 48.3. The molecule has 0 heterocycles. The number of benzene rings is 2. The molecule has 0 aromatic heterocycles. The van der Waals surface area contributed by atoms with Gasteiger partial charge in [-0.2, -0.15) is 0 Å². The van der Waals surface area contributed by atoms with Crippen molar-refractivity contribution in [3.05, 3.63) is 71.3 Å². The maximum atomic E-state index is 14.9. The molecule has 0 radical (unpaired) electrons. The van der Waals surface area contributed by atoms with Crippen molar-refractivity contribution in [2.75, 3.05) is 32.7 Å². The van der Waals surface area contributed by atoms with E-state index in [-0.39, 0.29) is 95.1 Å². The summed E-state index contributed by atoms with van der Waals surface area (Å²) in [6, 6.07) is 15.3. The highest BCUT2D eigenvalue weighted by Gasteiger charge is 2.49. The molecule has 5 unspecified atom stereocenters. The number of nitrogens with two attached hydrogens (primary N) is 1. The standard InChI is InChI=1S/C76H124N6O12/c1-8-11-13-15-17-19-21-23-25-27-29-32-41-62(54-66(85)86)69(89)79-50-38-52-82-73(94)76(7,56-74(4,5)71(92)80-48-36-43-64(83)59-44-46-61(47-45-59)67(87)60-39-34-31-35-40-60)57-75(6,55-58(10-3)68(77)88)72(93)81-51-37-49-78-65(84)53-63(70(90)91)42-33-30-28-26-24-22-20-18-16-14-12-9-2/h31,34-35,39-40,44-47,58,62-63H,8-30,32-33,36-38,41-43,48-57H2,1-7H3,(H2,77,88)(H,78,84)(H,79,89)(H,80,92)(H,81,93)(H,82,94)(H,85,86)(H,90,91). The Morgan fingerprint density at radius 1 is 0.426 bits per heavy atom. The fourth-order valence-corrected chi connectivity index (χ4v) is 13.0. The molecule has 5 atom stereocenters. The predicted octanol–water partition coefficient (Wildman–Crippen LogP) is 14.3. The summed E-state index contributed by atoms with van der Waals surface area (Å²) in [4.78, 5) is 133. The Labute approximate surface area is 564 Å². The van der Waals surface area contributed by atoms with Crippen LogP contribution in [0.2, 0.25) is 0 Å². The number of carboxylic acid groups (broad SMARTS) is 2. The van der Waals surface area contributed by atoms with Gasteiger partial charge in [0.1, 0.15) is 0 Å². The Kier molecular flexibility index (Phi) is 42.9. The van der Waals surface area contributed by atoms with Gasteiger partial charge in [-0.15, -0.1) is 0 Å². The molecule has 0 aliphatic carbocycles. The van der Waals surface area contributed by atoms with Crippen molar-refractivity contribution in [3.8, 4) is 0 Å². The number of amides is 6. The van der Waals surface area contributed by atoms with E-state index in [9.17, 15) is 58.2 Å². The smallest absolute Gasteiger partial charge is 0.307 e. The van der Waals surface area contributed by atoms with Crippen molar-refractivity contribution in [1.82, 2.24) is 26.6 Å². The number of unbranched alkanes of at least 4 members (excludes halogenated alkanes) is 22. The molecular formula is C76H124N6O12. The average molecular weight is 1310 g/mol. The summed E-state index contributed by atoms with van der Waals surface area (Å²) in [7, 11) is 0. The summed E-state index contributed by atoms with van der Waals surface area (Å²) in [6.07, 6.45) is 29.2. The maximum absolute atomic E-state index is 14.9. The van der Waals surface area contributed by atoms with Crippen LogP contribution in [0.15, 0.2) is 54.6 Å². The summed E-state index contributed by atoms with van der Waals surface area (Å²) in [6.45, 7) is 13.6. The van der Waals surface area contributed by atoms with E-state index in [2.05, 4.69) is 40.4 Å². The Morgan fingerprint density at radius 3 is 1.31 bits per heavy atom. The van der Waals surface area contributed by atoms with E-state index in [4.69, 9.17) is 5.73 Å². The lowest BCUT2D eigenvalue weighted by Crippen LogP contribution is -2.51. The quantitative estimate of drug-likeness (QED) is 0.0227. The maximum Gasteiger partial charge on any atom is 0.307 e. The predicted molar refractivity (Wildman–Crippen MR) is 374 cm³/mol. The summed E-state index contributed by atoms with van der Waals surface area (Å²) < 4.78 is 0. The number of hydrogen-bond donors (Lipinski definition) is 8. The minimum absolute atomic E-state index is 0.0322. The Hall–Kier alpha value is -6.46. The van der Waals surface area contributed by atoms with Gasteiger partial charge in [-0.05, 0) is 57.8 Å². The first-order chi connectivity index (χ1) is 44.9. The van der Waals surface area contributed by atoms with Crippen molar-refractivity contribution in [2.24, 2.45) is 39.7 Å². The van der Waals surface area contributed by atoms with Crippen LogP contribution >= 0.6 is 0 Å². The zero-order chi connectivity index (χ0) is 69.6. The van der Waals surface area contributed by atoms with Gasteiger partial charge in [0.25, 0.3) is 0 Å². The van der Waals surface area contributed by atoms with Gasteiger partial charge < -0.3 is 42.5 Å². The van der Waals surface area contributed by atoms with Crippen LogP contribution in [0.25, 0.3) is 0 Å². The Morgan fingerprint density at radius 2 is 0.840 bits per heavy atom. The molecule has 0 spiro atoms. The van der Waals surface area contributed by atoms with E-state index >= 15 is 0 Å². The highest BCUT2D eigenvalue weighted by molar-refractivity contribution is 6.09. The number of carboxylic acids is 2. The van der Waals surface area contributed by atoms with Crippen molar-refractivity contribution >= 4 is 58.9 Å². The van der Waals surface area contributed by atoms with E-state index in [0.29, 0.717) is 48.8 Å². The molecule has 94 heavy (non-hydrogen) atoms. The lowest BCUT2D eigenvalue weighted by Gasteiger charge is -2.42. The number of nitrogens with one attached hydrogen (secondary N) is 5. The third-order valence-corrected chi connectivity index (χ3v) is 18.6. The van der Waals surface area contributed by atoms with Crippen molar-refractivity contribution in [3.63, 3.8) is 0 Å². The minimum Gasteiger partial charge on any atom is -0.481 e. The van der Waals surface area contributed by atoms with Gasteiger partial charge in [-0.1, -0.05) is 257 Å². The Bertz CT molecular complexity index is 2560. The van der Waals surface area contributed by atoms with Crippen LogP contribution in [0.4, 0.5) is 0 Å². The molecule has 18 nitrogen and oxygen atoms in total. The van der Waals surface area contributed by atoms with Gasteiger partial charge in [0.05, 0.1) is 12.3 Å². The number of Topliss-reactive ketones (excluding diaryl/α,β-unsaturated/α-hetero) is 1. The van der Waals surface area contributed by atoms with Gasteiger partial charge >= 0.3 is 11.9 Å². The summed E-state index contributed by atoms with van der Waals surface area (Å²) >= 11 is 0. The van der Waals surface area contributed by atoms with Gasteiger partial charge in [-0.3, -0.25) is 47.9 Å². The van der Waals surface area contributed by atoms with Crippen molar-refractivity contribution in [1.29, 1.82) is 0 Å². The summed E-state index contributed by atoms with van der Waals surface area (Å²) in [5.41, 5.74) is 3.20. The molecule has 0 saturated heterocycles. The molecule has 0 bridgehead atoms. The molecular weight excluding hydrogens is 1190 g/mol. The zero-order valence-corrected chi connectivity index (χ0v) is 59.0. The molecule has 2 aromatic rings. The lowest BCUT2D eigenvalue weighted by atomic mass is 9.62. The van der Waals surface area contributed by atoms with Crippen molar-refractivity contribution < 1.29 is 58.2 Å². The van der Waals surface area contributed by atoms with Gasteiger partial charge in [0, 0.05) is 90.3 Å². The van der Waals surface area contributed by atoms with E-state index in [1.165, 1.54) is 103 Å². The fraction of sp³-hybridized carbons (Fsp3) is 0.711. The first-order valence-corrected chi connectivity index (χ1v) is 36.3. The molecule has 2 aromatic carbocycles. The first-order valence-electron chi connectivity index (χ1n) is 36.3. The van der Waals surface area contributed by atoms with Crippen LogP contribution in [0.5, 0.6) is 0 Å². The molecule has 9 N–H and O–H groups in total. The molecule has 0 saturated carbocycles. The monoisotopic (exact) mass is 1310 g/mol. The average Bonchev–Trinajstić information content (AvgIpc) is 0.809. The second-order valence-electron chi connectivity index (χ2n) is 27.9. The van der Waals surface area contributed by atoms with E-state index < -0.39 is 75.5 Å². The largest absolute Gasteiger partial charge is 0.481 e. The first kappa shape index (κ1) is 83.6. The van der Waals surface area contributed by atoms with Crippen LogP contribution in [0.3, 0.4) is 0 Å². The summed E-state index contributed by atoms with van der Waals surface area (Å²) in [5, 5.41) is 34.2. The van der Waals surface area contributed by atoms with E-state index in [0.717, 1.165) is 51.4 Å². The molecule has 6 amide bonds. The second-order valence-corrected chi connectivity index (χ2v) is 27.9. The van der Waals surface area contributed by atoms with Gasteiger partial charge in [-0.25, -0.2) is 0 Å². The molecule has 0 fully saturated rings. The SMILES string of the molecule is CCCCCCCCCCCCCCC(CC(=O)NCCCNC(=O)C(C)(CC(CC)C(N)=O)CC(C)(CC(C)(C)C(=O)NCCCC(=O)c1ccc(C(=O)c2ccccc2)cc1)C(=O)NCCCNC(=O)C(CCCCCCCCCCCCCC)CC(=O)O)C(=O)O. The number of primary amides is 1. The third-order valence-electron chi connectivity index (χ3n) is 18.6. The summed E-state index contributed by atoms with van der Waals surface area (Å²) in [5.74, 6) is -7.40. The van der Waals surface area contributed by atoms with Crippen LogP contribution in [-0.2, 0) is 38.4 Å². The fourth-order valence-electron chi connectivity index (χ4n) is 13.0. The number of carbonyl (C=O) groups excluding carboxylic acids is 8. The third kappa shape index (κ3) is 35.3. The number of aliphatic carboxylic acids is 2. The Balaban J connectivity index is 2.19. The minimum atomic E-state index is -1.46. The molecule has 2 rings (SSSR count). The normalized spacial score (nSPS) is 13.7. The van der Waals surface area contributed by atoms with Crippen LogP contribution in [0.1, 0.15) is 306 Å².